The van der Waals surface area contributed by atoms with Crippen LogP contribution in [0, 0.1) is 6.92 Å². The van der Waals surface area contributed by atoms with Crippen LogP contribution in [-0.4, -0.2) is 36.6 Å². The summed E-state index contributed by atoms with van der Waals surface area (Å²) in [5.74, 6) is -1.12. The van der Waals surface area contributed by atoms with Gasteiger partial charge in [-0.3, -0.25) is 0 Å². The zero-order chi connectivity index (χ0) is 20.5. The zero-order valence-electron chi connectivity index (χ0n) is 18.6. The Balaban J connectivity index is 0.000000569. The van der Waals surface area contributed by atoms with Gasteiger partial charge in [-0.1, -0.05) is 83.2 Å². The number of hydrogen-bond donors (Lipinski definition) is 0. The molecule has 0 radical (unpaired) electrons. The second-order valence-electron chi connectivity index (χ2n) is 7.80. The van der Waals surface area contributed by atoms with Crippen LogP contribution in [-0.2, 0) is 0 Å². The quantitative estimate of drug-likeness (QED) is 0.434. The van der Waals surface area contributed by atoms with Gasteiger partial charge in [0.05, 0.1) is 32.1 Å². The number of quaternary nitrogens is 1. The summed E-state index contributed by atoms with van der Waals surface area (Å²) in [5.41, 5.74) is 1.27. The number of hydrogen-bond acceptors (Lipinski definition) is 2. The largest absolute Gasteiger partial charge is 0.545 e. The molecule has 0 saturated heterocycles. The minimum atomic E-state index is -1.12. The fourth-order valence-corrected chi connectivity index (χ4v) is 3.33. The van der Waals surface area contributed by atoms with Crippen molar-refractivity contribution in [2.75, 3.05) is 26.2 Å². The molecule has 1 rings (SSSR count). The second-order valence-corrected chi connectivity index (χ2v) is 7.80. The molecule has 0 aromatic heterocycles. The third-order valence-corrected chi connectivity index (χ3v) is 5.23. The average Bonchev–Trinajstić information content (AvgIpc) is 2.68. The summed E-state index contributed by atoms with van der Waals surface area (Å²) in [5, 5.41) is 10.2. The number of aromatic carboxylic acids is 1. The lowest BCUT2D eigenvalue weighted by molar-refractivity contribution is -0.929. The molecule has 0 aliphatic heterocycles. The topological polar surface area (TPSA) is 40.1 Å². The van der Waals surface area contributed by atoms with Gasteiger partial charge in [0.1, 0.15) is 0 Å². The van der Waals surface area contributed by atoms with Gasteiger partial charge in [0.25, 0.3) is 0 Å². The van der Waals surface area contributed by atoms with E-state index in [4.69, 9.17) is 0 Å². The fourth-order valence-electron chi connectivity index (χ4n) is 3.33. The maximum absolute atomic E-state index is 10.2. The van der Waals surface area contributed by atoms with Gasteiger partial charge in [0, 0.05) is 0 Å². The Hall–Kier alpha value is -1.35. The number of rotatable bonds is 13. The maximum Gasteiger partial charge on any atom is 0.0786 e. The Labute approximate surface area is 168 Å². The number of unbranched alkanes of at least 4 members (excludes halogenated alkanes) is 4. The van der Waals surface area contributed by atoms with E-state index in [1.165, 1.54) is 94.2 Å². The lowest BCUT2D eigenvalue weighted by Crippen LogP contribution is -2.50. The molecule has 0 fully saturated rings. The highest BCUT2D eigenvalue weighted by molar-refractivity contribution is 5.85. The van der Waals surface area contributed by atoms with Crippen LogP contribution in [0.5, 0.6) is 0 Å². The summed E-state index contributed by atoms with van der Waals surface area (Å²) in [6, 6.07) is 6.55. The Morgan fingerprint density at radius 1 is 0.741 bits per heavy atom. The van der Waals surface area contributed by atoms with Crippen molar-refractivity contribution in [1.82, 2.24) is 0 Å². The molecule has 0 amide bonds. The fraction of sp³-hybridized carbons (Fsp3) is 0.708. The number of carbonyl (C=O) groups excluding carboxylic acids is 1. The number of carbonyl (C=O) groups is 1. The lowest BCUT2D eigenvalue weighted by Gasteiger charge is -2.39. The predicted octanol–water partition coefficient (Wildman–Crippen LogP) is 5.36. The molecule has 3 nitrogen and oxygen atoms in total. The summed E-state index contributed by atoms with van der Waals surface area (Å²) in [4.78, 5) is 10.2. The SMILES string of the molecule is CCCC[N+](CCCC)(CCCC)CCCC.Cc1ccc(C(=O)[O-])cc1. The van der Waals surface area contributed by atoms with Crippen LogP contribution < -0.4 is 5.11 Å². The van der Waals surface area contributed by atoms with Crippen molar-refractivity contribution in [2.45, 2.75) is 86.0 Å². The molecule has 1 aromatic rings. The molecule has 156 valence electrons. The summed E-state index contributed by atoms with van der Waals surface area (Å²) < 4.78 is 1.42. The van der Waals surface area contributed by atoms with E-state index in [0.717, 1.165) is 5.56 Å². The minimum Gasteiger partial charge on any atom is -0.545 e. The van der Waals surface area contributed by atoms with Gasteiger partial charge < -0.3 is 14.4 Å². The third kappa shape index (κ3) is 11.9. The maximum atomic E-state index is 10.2. The lowest BCUT2D eigenvalue weighted by atomic mass is 10.1. The van der Waals surface area contributed by atoms with Crippen molar-refractivity contribution >= 4 is 5.97 Å². The molecule has 0 unspecified atom stereocenters. The highest BCUT2D eigenvalue weighted by Crippen LogP contribution is 2.16. The van der Waals surface area contributed by atoms with Gasteiger partial charge in [-0.05, 0) is 38.2 Å². The first kappa shape index (κ1) is 25.6. The zero-order valence-corrected chi connectivity index (χ0v) is 18.6. The summed E-state index contributed by atoms with van der Waals surface area (Å²) in [6.45, 7) is 16.9. The van der Waals surface area contributed by atoms with Crippen molar-refractivity contribution in [3.05, 3.63) is 35.4 Å². The van der Waals surface area contributed by atoms with E-state index >= 15 is 0 Å². The van der Waals surface area contributed by atoms with E-state index in [1.54, 1.807) is 12.1 Å². The molecule has 0 N–H and O–H groups in total. The number of carboxylic acid groups (broad SMARTS) is 1. The summed E-state index contributed by atoms with van der Waals surface area (Å²) >= 11 is 0. The van der Waals surface area contributed by atoms with E-state index in [0.29, 0.717) is 0 Å². The smallest absolute Gasteiger partial charge is 0.0786 e. The standard InChI is InChI=1S/C16H36N.C8H8O2/c1-5-9-13-17(14-10-6-2,15-11-7-3)16-12-8-4;1-6-2-4-7(5-3-6)8(9)10/h5-16H2,1-4H3;2-5H,1H3,(H,9,10)/q+1;/p-1. The van der Waals surface area contributed by atoms with Crippen LogP contribution in [0.2, 0.25) is 0 Å². The molecule has 27 heavy (non-hydrogen) atoms. The van der Waals surface area contributed by atoms with Crippen molar-refractivity contribution in [3.8, 4) is 0 Å². The van der Waals surface area contributed by atoms with E-state index in [2.05, 4.69) is 27.7 Å². The average molecular weight is 378 g/mol. The normalized spacial score (nSPS) is 11.0. The first-order chi connectivity index (χ1) is 12.9. The molecule has 0 saturated carbocycles. The highest BCUT2D eigenvalue weighted by Gasteiger charge is 2.24. The molecule has 1 aromatic carbocycles. The van der Waals surface area contributed by atoms with E-state index < -0.39 is 5.97 Å². The van der Waals surface area contributed by atoms with Crippen LogP contribution in [0.1, 0.15) is 95.0 Å². The number of carboxylic acids is 1. The Morgan fingerprint density at radius 2 is 1.07 bits per heavy atom. The predicted molar refractivity (Wildman–Crippen MR) is 115 cm³/mol. The van der Waals surface area contributed by atoms with Crippen LogP contribution >= 0.6 is 0 Å². The molecule has 0 bridgehead atoms. The highest BCUT2D eigenvalue weighted by atomic mass is 16.4. The molecule has 3 heteroatoms. The number of nitrogens with zero attached hydrogens (tertiary/aromatic N) is 1. The van der Waals surface area contributed by atoms with Crippen molar-refractivity contribution in [3.63, 3.8) is 0 Å². The summed E-state index contributed by atoms with van der Waals surface area (Å²) in [6.07, 6.45) is 11.1. The first-order valence-electron chi connectivity index (χ1n) is 11.1. The van der Waals surface area contributed by atoms with Crippen LogP contribution in [0.3, 0.4) is 0 Å². The van der Waals surface area contributed by atoms with Crippen molar-refractivity contribution in [2.24, 2.45) is 0 Å². The van der Waals surface area contributed by atoms with E-state index in [-0.39, 0.29) is 5.56 Å². The molecule has 0 spiro atoms. The van der Waals surface area contributed by atoms with E-state index in [1.807, 2.05) is 6.92 Å². The van der Waals surface area contributed by atoms with Crippen LogP contribution in [0.15, 0.2) is 24.3 Å². The molecule has 0 heterocycles. The Bertz CT molecular complexity index is 444. The Kier molecular flexibility index (Phi) is 14.9. The molecule has 0 aliphatic carbocycles. The molecular formula is C24H43NO2. The van der Waals surface area contributed by atoms with E-state index in [9.17, 15) is 9.90 Å². The van der Waals surface area contributed by atoms with Gasteiger partial charge in [-0.15, -0.1) is 0 Å². The Morgan fingerprint density at radius 3 is 1.33 bits per heavy atom. The molecule has 0 aliphatic rings. The van der Waals surface area contributed by atoms with Crippen LogP contribution in [0.4, 0.5) is 0 Å². The second kappa shape index (κ2) is 15.7. The first-order valence-corrected chi connectivity index (χ1v) is 11.1. The molecular weight excluding hydrogens is 334 g/mol. The van der Waals surface area contributed by atoms with Gasteiger partial charge in [-0.2, -0.15) is 0 Å². The number of benzene rings is 1. The van der Waals surface area contributed by atoms with Gasteiger partial charge >= 0.3 is 0 Å². The van der Waals surface area contributed by atoms with Crippen molar-refractivity contribution in [1.29, 1.82) is 0 Å². The van der Waals surface area contributed by atoms with Crippen LogP contribution in [0.25, 0.3) is 0 Å². The van der Waals surface area contributed by atoms with Gasteiger partial charge in [0.15, 0.2) is 0 Å². The van der Waals surface area contributed by atoms with Gasteiger partial charge in [-0.25, -0.2) is 0 Å². The number of aryl methyl sites for hydroxylation is 1. The summed E-state index contributed by atoms with van der Waals surface area (Å²) in [7, 11) is 0. The van der Waals surface area contributed by atoms with Gasteiger partial charge in [0.2, 0.25) is 0 Å². The monoisotopic (exact) mass is 377 g/mol. The van der Waals surface area contributed by atoms with Crippen molar-refractivity contribution < 1.29 is 14.4 Å². The minimum absolute atomic E-state index is 0.227. The third-order valence-electron chi connectivity index (χ3n) is 5.23. The molecule has 0 atom stereocenters.